The predicted molar refractivity (Wildman–Crippen MR) is 107 cm³/mol. The Bertz CT molecular complexity index is 1280. The highest BCUT2D eigenvalue weighted by molar-refractivity contribution is 6.11. The Morgan fingerprint density at radius 2 is 1.43 bits per heavy atom. The summed E-state index contributed by atoms with van der Waals surface area (Å²) in [5.74, 6) is -0.643. The van der Waals surface area contributed by atoms with Gasteiger partial charge in [0.2, 0.25) is 0 Å². The third-order valence-electron chi connectivity index (χ3n) is 4.49. The van der Waals surface area contributed by atoms with Crippen LogP contribution in [0.4, 0.5) is 18.9 Å². The topological polar surface area (TPSA) is 64.0 Å². The molecule has 0 aliphatic heterocycles. The number of anilines is 1. The Morgan fingerprint density at radius 1 is 0.833 bits per heavy atom. The fraction of sp³-hybridized carbons (Fsp3) is 0.0455. The smallest absolute Gasteiger partial charge is 0.321 e. The summed E-state index contributed by atoms with van der Waals surface area (Å²) in [7, 11) is 0. The zero-order chi connectivity index (χ0) is 21.3. The highest BCUT2D eigenvalue weighted by Crippen LogP contribution is 2.30. The molecule has 1 heterocycles. The monoisotopic (exact) mass is 409 g/mol. The molecule has 1 aromatic heterocycles. The van der Waals surface area contributed by atoms with E-state index in [9.17, 15) is 22.8 Å². The first-order chi connectivity index (χ1) is 14.3. The number of hydrogen-bond acceptors (Lipinski definition) is 3. The molecule has 8 heteroatoms. The molecule has 0 saturated carbocycles. The van der Waals surface area contributed by atoms with Crippen LogP contribution in [-0.2, 0) is 6.18 Å². The van der Waals surface area contributed by atoms with Gasteiger partial charge in [0, 0.05) is 11.1 Å². The molecule has 0 unspecified atom stereocenters. The molecule has 1 amide bonds. The average Bonchev–Trinajstić information content (AvgIpc) is 2.74. The number of fused-ring (bicyclic) bond motifs is 1. The van der Waals surface area contributed by atoms with Crippen LogP contribution < -0.4 is 10.9 Å². The zero-order valence-corrected chi connectivity index (χ0v) is 15.4. The molecule has 1 N–H and O–H groups in total. The molecule has 4 aromatic rings. The molecule has 150 valence electrons. The molecule has 0 bridgehead atoms. The van der Waals surface area contributed by atoms with E-state index in [1.54, 1.807) is 54.6 Å². The van der Waals surface area contributed by atoms with Crippen molar-refractivity contribution < 1.29 is 18.0 Å². The van der Waals surface area contributed by atoms with Crippen LogP contribution in [0, 0.1) is 0 Å². The van der Waals surface area contributed by atoms with Crippen molar-refractivity contribution in [3.05, 3.63) is 100 Å². The number of carbonyl (C=O) groups is 1. The van der Waals surface area contributed by atoms with Crippen molar-refractivity contribution in [1.29, 1.82) is 0 Å². The van der Waals surface area contributed by atoms with Gasteiger partial charge in [0.25, 0.3) is 11.5 Å². The van der Waals surface area contributed by atoms with E-state index < -0.39 is 17.6 Å². The summed E-state index contributed by atoms with van der Waals surface area (Å²) in [5, 5.41) is 7.43. The minimum atomic E-state index is -4.47. The first-order valence-corrected chi connectivity index (χ1v) is 8.91. The lowest BCUT2D eigenvalue weighted by Gasteiger charge is -2.12. The number of alkyl halides is 3. The van der Waals surface area contributed by atoms with Crippen molar-refractivity contribution in [3.8, 4) is 5.69 Å². The Balaban J connectivity index is 1.77. The largest absolute Gasteiger partial charge is 0.416 e. The lowest BCUT2D eigenvalue weighted by molar-refractivity contribution is -0.137. The van der Waals surface area contributed by atoms with Gasteiger partial charge in [-0.25, -0.2) is 0 Å². The van der Waals surface area contributed by atoms with E-state index in [1.807, 2.05) is 0 Å². The SMILES string of the molecule is O=C(Nc1ccc(C(F)(F)F)cc1)c1nn(-c2ccccc2)c(=O)c2ccccc12. The Kier molecular flexibility index (Phi) is 4.83. The normalized spacial score (nSPS) is 11.4. The van der Waals surface area contributed by atoms with Crippen LogP contribution in [0.3, 0.4) is 0 Å². The van der Waals surface area contributed by atoms with Crippen molar-refractivity contribution in [2.75, 3.05) is 5.32 Å². The summed E-state index contributed by atoms with van der Waals surface area (Å²) in [4.78, 5) is 25.7. The maximum Gasteiger partial charge on any atom is 0.416 e. The average molecular weight is 409 g/mol. The van der Waals surface area contributed by atoms with E-state index in [0.29, 0.717) is 16.5 Å². The van der Waals surface area contributed by atoms with Gasteiger partial charge < -0.3 is 5.32 Å². The van der Waals surface area contributed by atoms with Crippen LogP contribution >= 0.6 is 0 Å². The van der Waals surface area contributed by atoms with E-state index in [-0.39, 0.29) is 16.9 Å². The fourth-order valence-electron chi connectivity index (χ4n) is 3.03. The quantitative estimate of drug-likeness (QED) is 0.536. The van der Waals surface area contributed by atoms with Crippen LogP contribution in [0.1, 0.15) is 16.1 Å². The van der Waals surface area contributed by atoms with E-state index in [4.69, 9.17) is 0 Å². The highest BCUT2D eigenvalue weighted by Gasteiger charge is 2.30. The standard InChI is InChI=1S/C22H14F3N3O2/c23-22(24,25)14-10-12-15(13-11-14)26-20(29)19-17-8-4-5-9-18(17)21(30)28(27-19)16-6-2-1-3-7-16/h1-13H,(H,26,29). The molecule has 0 fully saturated rings. The highest BCUT2D eigenvalue weighted by atomic mass is 19.4. The minimum absolute atomic E-state index is 0.0195. The number of amides is 1. The third kappa shape index (κ3) is 3.67. The molecule has 0 atom stereocenters. The number of aromatic nitrogens is 2. The molecule has 0 aliphatic rings. The van der Waals surface area contributed by atoms with Gasteiger partial charge in [-0.3, -0.25) is 9.59 Å². The third-order valence-corrected chi connectivity index (χ3v) is 4.49. The second kappa shape index (κ2) is 7.47. The number of rotatable bonds is 3. The number of para-hydroxylation sites is 1. The lowest BCUT2D eigenvalue weighted by atomic mass is 10.1. The second-order valence-corrected chi connectivity index (χ2v) is 6.48. The molecule has 0 radical (unpaired) electrons. The molecule has 5 nitrogen and oxygen atoms in total. The van der Waals surface area contributed by atoms with Crippen molar-refractivity contribution >= 4 is 22.4 Å². The zero-order valence-electron chi connectivity index (χ0n) is 15.4. The second-order valence-electron chi connectivity index (χ2n) is 6.48. The van der Waals surface area contributed by atoms with Gasteiger partial charge in [-0.2, -0.15) is 23.0 Å². The molecule has 30 heavy (non-hydrogen) atoms. The summed E-state index contributed by atoms with van der Waals surface area (Å²) < 4.78 is 39.3. The Labute approximate surface area is 168 Å². The summed E-state index contributed by atoms with van der Waals surface area (Å²) in [6, 6.07) is 19.2. The molecule has 0 aliphatic carbocycles. The van der Waals surface area contributed by atoms with Gasteiger partial charge in [-0.15, -0.1) is 0 Å². The number of carbonyl (C=O) groups excluding carboxylic acids is 1. The van der Waals surface area contributed by atoms with Gasteiger partial charge in [-0.05, 0) is 42.5 Å². The van der Waals surface area contributed by atoms with Crippen LogP contribution in [0.15, 0.2) is 83.7 Å². The number of nitrogens with zero attached hydrogens (tertiary/aromatic N) is 2. The van der Waals surface area contributed by atoms with Crippen molar-refractivity contribution in [3.63, 3.8) is 0 Å². The van der Waals surface area contributed by atoms with Gasteiger partial charge in [0.05, 0.1) is 16.6 Å². The van der Waals surface area contributed by atoms with Crippen molar-refractivity contribution in [2.45, 2.75) is 6.18 Å². The van der Waals surface area contributed by atoms with Gasteiger partial charge in [0.1, 0.15) is 0 Å². The molecule has 0 saturated heterocycles. The van der Waals surface area contributed by atoms with Gasteiger partial charge >= 0.3 is 6.18 Å². The van der Waals surface area contributed by atoms with E-state index in [0.717, 1.165) is 28.9 Å². The van der Waals surface area contributed by atoms with Crippen molar-refractivity contribution in [1.82, 2.24) is 9.78 Å². The predicted octanol–water partition coefficient (Wildman–Crippen LogP) is 4.66. The minimum Gasteiger partial charge on any atom is -0.321 e. The van der Waals surface area contributed by atoms with Gasteiger partial charge in [0.15, 0.2) is 5.69 Å². The number of halogens is 3. The first kappa shape index (κ1) is 19.4. The van der Waals surface area contributed by atoms with Gasteiger partial charge in [-0.1, -0.05) is 36.4 Å². The molecular formula is C22H14F3N3O2. The molecule has 4 rings (SSSR count). The Hall–Kier alpha value is -3.94. The maximum atomic E-state index is 12.9. The maximum absolute atomic E-state index is 12.9. The van der Waals surface area contributed by atoms with E-state index >= 15 is 0 Å². The Morgan fingerprint density at radius 3 is 2.07 bits per heavy atom. The molecule has 0 spiro atoms. The lowest BCUT2D eigenvalue weighted by Crippen LogP contribution is -2.26. The summed E-state index contributed by atoms with van der Waals surface area (Å²) in [5.41, 5.74) is -0.563. The van der Waals surface area contributed by atoms with E-state index in [1.165, 1.54) is 0 Å². The molecular weight excluding hydrogens is 395 g/mol. The number of nitrogens with one attached hydrogen (secondary N) is 1. The van der Waals surface area contributed by atoms with Crippen LogP contribution in [-0.4, -0.2) is 15.7 Å². The number of benzene rings is 3. The molecule has 3 aromatic carbocycles. The summed E-state index contributed by atoms with van der Waals surface area (Å²) in [6.45, 7) is 0. The van der Waals surface area contributed by atoms with E-state index in [2.05, 4.69) is 10.4 Å². The fourth-order valence-corrected chi connectivity index (χ4v) is 3.03. The van der Waals surface area contributed by atoms with Crippen LogP contribution in [0.5, 0.6) is 0 Å². The first-order valence-electron chi connectivity index (χ1n) is 8.91. The number of hydrogen-bond donors (Lipinski definition) is 1. The van der Waals surface area contributed by atoms with Crippen molar-refractivity contribution in [2.24, 2.45) is 0 Å². The van der Waals surface area contributed by atoms with Crippen LogP contribution in [0.25, 0.3) is 16.5 Å². The summed E-state index contributed by atoms with van der Waals surface area (Å²) >= 11 is 0. The van der Waals surface area contributed by atoms with Crippen LogP contribution in [0.2, 0.25) is 0 Å². The summed E-state index contributed by atoms with van der Waals surface area (Å²) in [6.07, 6.45) is -4.47.